The molecular weight excluding hydrogens is 282 g/mol. The van der Waals surface area contributed by atoms with Crippen LogP contribution in [0.4, 0.5) is 0 Å². The van der Waals surface area contributed by atoms with Gasteiger partial charge >= 0.3 is 5.97 Å². The van der Waals surface area contributed by atoms with Gasteiger partial charge in [-0.15, -0.1) is 0 Å². The third-order valence-electron chi connectivity index (χ3n) is 3.05. The van der Waals surface area contributed by atoms with Crippen molar-refractivity contribution in [1.29, 1.82) is 0 Å². The summed E-state index contributed by atoms with van der Waals surface area (Å²) in [6, 6.07) is 14.2. The van der Waals surface area contributed by atoms with Crippen LogP contribution in [0.2, 0.25) is 0 Å². The van der Waals surface area contributed by atoms with Gasteiger partial charge in [-0.1, -0.05) is 42.5 Å². The minimum absolute atomic E-state index is 0.288. The second-order valence-corrected chi connectivity index (χ2v) is 4.45. The lowest BCUT2D eigenvalue weighted by Gasteiger charge is -2.11. The lowest BCUT2D eigenvalue weighted by Crippen LogP contribution is -2.06. The molecule has 0 radical (unpaired) electrons. The zero-order valence-electron chi connectivity index (χ0n) is 12.1. The Hall–Kier alpha value is -2.95. The Labute approximate surface area is 128 Å². The summed E-state index contributed by atoms with van der Waals surface area (Å²) in [7, 11) is 0. The molecule has 0 fully saturated rings. The first-order chi connectivity index (χ1) is 10.6. The molecule has 0 aliphatic carbocycles. The van der Waals surface area contributed by atoms with Crippen LogP contribution in [-0.4, -0.2) is 17.5 Å². The molecule has 112 valence electrons. The number of rotatable bonds is 5. The van der Waals surface area contributed by atoms with E-state index in [4.69, 9.17) is 4.74 Å². The Morgan fingerprint density at radius 1 is 1.14 bits per heavy atom. The molecule has 0 saturated heterocycles. The maximum atomic E-state index is 12.1. The van der Waals surface area contributed by atoms with Crippen LogP contribution in [0.25, 0.3) is 17.2 Å². The predicted molar refractivity (Wildman–Crippen MR) is 83.9 cm³/mol. The van der Waals surface area contributed by atoms with E-state index >= 15 is 0 Å². The van der Waals surface area contributed by atoms with E-state index in [0.717, 1.165) is 11.8 Å². The van der Waals surface area contributed by atoms with Gasteiger partial charge in [0.25, 0.3) is 0 Å². The van der Waals surface area contributed by atoms with E-state index in [1.165, 1.54) is 6.08 Å². The molecule has 0 N–H and O–H groups in total. The molecule has 2 aromatic carbocycles. The van der Waals surface area contributed by atoms with E-state index in [-0.39, 0.29) is 6.61 Å². The maximum absolute atomic E-state index is 12.1. The molecule has 0 aliphatic heterocycles. The molecule has 2 aromatic rings. The fourth-order valence-electron chi connectivity index (χ4n) is 2.13. The highest BCUT2D eigenvalue weighted by Crippen LogP contribution is 2.28. The van der Waals surface area contributed by atoms with E-state index in [1.54, 1.807) is 37.3 Å². The minimum atomic E-state index is -0.520. The molecule has 2 rings (SSSR count). The fraction of sp³-hybridized carbons (Fsp3) is 0.118. The summed E-state index contributed by atoms with van der Waals surface area (Å²) in [6.07, 6.45) is 2.29. The SMILES string of the molecule is CCOC(=O)c1ccccc1-c1ccccc1/C=C/[N+](=O)[O-]. The topological polar surface area (TPSA) is 69.4 Å². The molecule has 0 heterocycles. The van der Waals surface area contributed by atoms with Gasteiger partial charge in [-0.25, -0.2) is 4.79 Å². The number of hydrogen-bond donors (Lipinski definition) is 0. The summed E-state index contributed by atoms with van der Waals surface area (Å²) in [5.74, 6) is -0.411. The van der Waals surface area contributed by atoms with E-state index in [1.807, 2.05) is 18.2 Å². The highest BCUT2D eigenvalue weighted by Gasteiger charge is 2.14. The van der Waals surface area contributed by atoms with Crippen molar-refractivity contribution in [2.45, 2.75) is 6.92 Å². The van der Waals surface area contributed by atoms with Crippen molar-refractivity contribution in [2.24, 2.45) is 0 Å². The first kappa shape index (κ1) is 15.4. The van der Waals surface area contributed by atoms with Crippen molar-refractivity contribution in [1.82, 2.24) is 0 Å². The van der Waals surface area contributed by atoms with E-state index in [9.17, 15) is 14.9 Å². The fourth-order valence-corrected chi connectivity index (χ4v) is 2.13. The Balaban J connectivity index is 2.53. The smallest absolute Gasteiger partial charge is 0.338 e. The molecule has 0 unspecified atom stereocenters. The van der Waals surface area contributed by atoms with Gasteiger partial charge in [0.2, 0.25) is 6.20 Å². The first-order valence-corrected chi connectivity index (χ1v) is 6.80. The van der Waals surface area contributed by atoms with Crippen LogP contribution in [0, 0.1) is 10.1 Å². The zero-order chi connectivity index (χ0) is 15.9. The van der Waals surface area contributed by atoms with E-state index in [0.29, 0.717) is 16.7 Å². The normalized spacial score (nSPS) is 10.6. The molecule has 5 heteroatoms. The monoisotopic (exact) mass is 297 g/mol. The number of nitro groups is 1. The molecular formula is C17H15NO4. The van der Waals surface area contributed by atoms with E-state index in [2.05, 4.69) is 0 Å². The number of ether oxygens (including phenoxy) is 1. The van der Waals surface area contributed by atoms with Gasteiger partial charge in [-0.05, 0) is 29.7 Å². The number of benzene rings is 2. The van der Waals surface area contributed by atoms with Crippen molar-refractivity contribution in [3.63, 3.8) is 0 Å². The Kier molecular flexibility index (Phi) is 5.03. The second kappa shape index (κ2) is 7.17. The molecule has 22 heavy (non-hydrogen) atoms. The number of carbonyl (C=O) groups is 1. The molecule has 0 spiro atoms. The minimum Gasteiger partial charge on any atom is -0.462 e. The number of nitrogens with zero attached hydrogens (tertiary/aromatic N) is 1. The van der Waals surface area contributed by atoms with Crippen LogP contribution in [0.1, 0.15) is 22.8 Å². The lowest BCUT2D eigenvalue weighted by molar-refractivity contribution is -0.400. The van der Waals surface area contributed by atoms with Crippen LogP contribution >= 0.6 is 0 Å². The van der Waals surface area contributed by atoms with E-state index < -0.39 is 10.9 Å². The van der Waals surface area contributed by atoms with Crippen LogP contribution in [0.15, 0.2) is 54.7 Å². The van der Waals surface area contributed by atoms with Gasteiger partial charge in [0, 0.05) is 6.08 Å². The van der Waals surface area contributed by atoms with Crippen LogP contribution in [-0.2, 0) is 4.74 Å². The average Bonchev–Trinajstić information content (AvgIpc) is 2.53. The maximum Gasteiger partial charge on any atom is 0.338 e. The summed E-state index contributed by atoms with van der Waals surface area (Å²) >= 11 is 0. The molecule has 0 bridgehead atoms. The van der Waals surface area contributed by atoms with Crippen molar-refractivity contribution >= 4 is 12.0 Å². The van der Waals surface area contributed by atoms with Crippen LogP contribution in [0.5, 0.6) is 0 Å². The molecule has 0 amide bonds. The number of esters is 1. The zero-order valence-corrected chi connectivity index (χ0v) is 12.1. The van der Waals surface area contributed by atoms with Crippen molar-refractivity contribution < 1.29 is 14.5 Å². The average molecular weight is 297 g/mol. The van der Waals surface area contributed by atoms with Crippen molar-refractivity contribution in [3.05, 3.63) is 76.0 Å². The first-order valence-electron chi connectivity index (χ1n) is 6.80. The number of carbonyl (C=O) groups excluding carboxylic acids is 1. The van der Waals surface area contributed by atoms with Gasteiger partial charge in [0.1, 0.15) is 0 Å². The van der Waals surface area contributed by atoms with Crippen molar-refractivity contribution in [2.75, 3.05) is 6.61 Å². The van der Waals surface area contributed by atoms with Crippen LogP contribution in [0.3, 0.4) is 0 Å². The summed E-state index contributed by atoms with van der Waals surface area (Å²) in [5.41, 5.74) is 2.52. The molecule has 0 atom stereocenters. The third kappa shape index (κ3) is 3.58. The summed E-state index contributed by atoms with van der Waals surface area (Å²) < 4.78 is 5.06. The number of hydrogen-bond acceptors (Lipinski definition) is 4. The summed E-state index contributed by atoms with van der Waals surface area (Å²) in [5, 5.41) is 10.5. The van der Waals surface area contributed by atoms with Gasteiger partial charge < -0.3 is 4.74 Å². The molecule has 5 nitrogen and oxygen atoms in total. The second-order valence-electron chi connectivity index (χ2n) is 4.45. The molecule has 0 saturated carbocycles. The summed E-state index contributed by atoms with van der Waals surface area (Å²) in [4.78, 5) is 22.1. The Morgan fingerprint density at radius 3 is 2.45 bits per heavy atom. The largest absolute Gasteiger partial charge is 0.462 e. The standard InChI is InChI=1S/C17H15NO4/c1-2-22-17(19)16-10-6-5-9-15(16)14-8-4-3-7-13(14)11-12-18(20)21/h3-12H,2H2,1H3/b12-11+. The van der Waals surface area contributed by atoms with Crippen molar-refractivity contribution in [3.8, 4) is 11.1 Å². The van der Waals surface area contributed by atoms with Crippen LogP contribution < -0.4 is 0 Å². The third-order valence-corrected chi connectivity index (χ3v) is 3.05. The van der Waals surface area contributed by atoms with Gasteiger partial charge in [0.15, 0.2) is 0 Å². The van der Waals surface area contributed by atoms with Gasteiger partial charge in [-0.3, -0.25) is 10.1 Å². The van der Waals surface area contributed by atoms with Gasteiger partial charge in [0.05, 0.1) is 17.1 Å². The summed E-state index contributed by atoms with van der Waals surface area (Å²) in [6.45, 7) is 2.03. The Bertz CT molecular complexity index is 722. The highest BCUT2D eigenvalue weighted by molar-refractivity contribution is 5.98. The molecule has 0 aromatic heterocycles. The Morgan fingerprint density at radius 2 is 1.77 bits per heavy atom. The van der Waals surface area contributed by atoms with Gasteiger partial charge in [-0.2, -0.15) is 0 Å². The molecule has 0 aliphatic rings. The predicted octanol–water partition coefficient (Wildman–Crippen LogP) is 3.78. The lowest BCUT2D eigenvalue weighted by atomic mass is 9.95. The quantitative estimate of drug-likeness (QED) is 0.478. The highest BCUT2D eigenvalue weighted by atomic mass is 16.6.